The molecule has 2 aliphatic rings. The number of ether oxygens (including phenoxy) is 4. The SMILES string of the molecule is [B][C@@H]1O[C@H](COC(C)C)C(OP(=O)(OC)OC[C@H]2O[C@@H]([B])CC2OC(C)C)[C@@H]1F. The molecule has 0 N–H and O–H groups in total. The minimum Gasteiger partial charge on any atom is -0.380 e. The topological polar surface area (TPSA) is 81.7 Å². The van der Waals surface area contributed by atoms with Crippen LogP contribution in [0.25, 0.3) is 0 Å². The van der Waals surface area contributed by atoms with Crippen molar-refractivity contribution < 1.29 is 41.5 Å². The predicted molar refractivity (Wildman–Crippen MR) is 105 cm³/mol. The maximum atomic E-state index is 14.5. The van der Waals surface area contributed by atoms with E-state index in [9.17, 15) is 8.96 Å². The fourth-order valence-electron chi connectivity index (χ4n) is 3.12. The zero-order valence-electron chi connectivity index (χ0n) is 17.6. The standard InChI is InChI=1S/C17H30B2FO8P/c1-9(2)23-7-13-16(15(20)17(19)27-13)28-29(21,22-5)24-8-12-11(25-10(3)4)6-14(18)26-12/h9-17H,6-8H2,1-5H3/t11?,12-,13-,14-,15+,16?,17-,29?/m1/s1. The van der Waals surface area contributed by atoms with Crippen molar-refractivity contribution in [2.24, 2.45) is 0 Å². The van der Waals surface area contributed by atoms with Gasteiger partial charge in [-0.25, -0.2) is 8.96 Å². The highest BCUT2D eigenvalue weighted by Gasteiger charge is 2.48. The van der Waals surface area contributed by atoms with E-state index in [1.54, 1.807) is 0 Å². The maximum Gasteiger partial charge on any atom is 0.475 e. The lowest BCUT2D eigenvalue weighted by Crippen LogP contribution is -2.36. The molecule has 0 saturated carbocycles. The van der Waals surface area contributed by atoms with E-state index in [1.807, 2.05) is 27.7 Å². The van der Waals surface area contributed by atoms with Crippen LogP contribution in [0, 0.1) is 0 Å². The van der Waals surface area contributed by atoms with Crippen LogP contribution in [0.1, 0.15) is 34.1 Å². The second kappa shape index (κ2) is 11.0. The van der Waals surface area contributed by atoms with E-state index in [2.05, 4.69) is 0 Å². The second-order valence-corrected chi connectivity index (χ2v) is 9.36. The van der Waals surface area contributed by atoms with Gasteiger partial charge in [0.25, 0.3) is 0 Å². The van der Waals surface area contributed by atoms with E-state index in [1.165, 1.54) is 0 Å². The fraction of sp³-hybridized carbons (Fsp3) is 1.00. The van der Waals surface area contributed by atoms with Gasteiger partial charge in [0.2, 0.25) is 0 Å². The lowest BCUT2D eigenvalue weighted by atomic mass is 9.94. The lowest BCUT2D eigenvalue weighted by molar-refractivity contribution is -0.0672. The summed E-state index contributed by atoms with van der Waals surface area (Å²) >= 11 is 0. The molecule has 2 aliphatic heterocycles. The van der Waals surface area contributed by atoms with Crippen LogP contribution in [0.3, 0.4) is 0 Å². The summed E-state index contributed by atoms with van der Waals surface area (Å²) in [6.45, 7) is 7.26. The molecular formula is C17H30B2FO8P. The molecular weight excluding hydrogens is 404 g/mol. The monoisotopic (exact) mass is 434 g/mol. The van der Waals surface area contributed by atoms with Gasteiger partial charge in [0.1, 0.15) is 40.2 Å². The average molecular weight is 434 g/mol. The first-order valence-electron chi connectivity index (χ1n) is 9.76. The van der Waals surface area contributed by atoms with Crippen LogP contribution in [0.2, 0.25) is 0 Å². The summed E-state index contributed by atoms with van der Waals surface area (Å²) in [6.07, 6.45) is -4.45. The van der Waals surface area contributed by atoms with Crippen molar-refractivity contribution in [2.75, 3.05) is 20.3 Å². The van der Waals surface area contributed by atoms with Crippen molar-refractivity contribution in [3.63, 3.8) is 0 Å². The summed E-state index contributed by atoms with van der Waals surface area (Å²) in [5.41, 5.74) is 0. The Hall–Kier alpha value is 0.00987. The predicted octanol–water partition coefficient (Wildman–Crippen LogP) is 1.88. The van der Waals surface area contributed by atoms with E-state index >= 15 is 0 Å². The molecule has 8 atom stereocenters. The van der Waals surface area contributed by atoms with Gasteiger partial charge in [-0.15, -0.1) is 0 Å². The van der Waals surface area contributed by atoms with Crippen LogP contribution in [0.15, 0.2) is 0 Å². The van der Waals surface area contributed by atoms with Crippen molar-refractivity contribution in [3.05, 3.63) is 0 Å². The molecule has 2 rings (SSSR count). The van der Waals surface area contributed by atoms with Crippen molar-refractivity contribution in [1.29, 1.82) is 0 Å². The highest BCUT2D eigenvalue weighted by atomic mass is 31.2. The first kappa shape index (κ1) is 25.3. The molecule has 29 heavy (non-hydrogen) atoms. The molecule has 0 bridgehead atoms. The van der Waals surface area contributed by atoms with Crippen molar-refractivity contribution in [2.45, 2.75) is 88.9 Å². The smallest absolute Gasteiger partial charge is 0.380 e. The van der Waals surface area contributed by atoms with E-state index in [0.29, 0.717) is 6.42 Å². The van der Waals surface area contributed by atoms with Crippen molar-refractivity contribution >= 4 is 23.5 Å². The Morgan fingerprint density at radius 3 is 2.38 bits per heavy atom. The van der Waals surface area contributed by atoms with Crippen LogP contribution < -0.4 is 0 Å². The van der Waals surface area contributed by atoms with Crippen molar-refractivity contribution in [3.8, 4) is 0 Å². The third-order valence-electron chi connectivity index (χ3n) is 4.47. The van der Waals surface area contributed by atoms with E-state index in [4.69, 9.17) is 48.2 Å². The fourth-order valence-corrected chi connectivity index (χ4v) is 4.25. The van der Waals surface area contributed by atoms with E-state index in [0.717, 1.165) is 7.11 Å². The summed E-state index contributed by atoms with van der Waals surface area (Å²) in [6, 6.07) is -1.75. The average Bonchev–Trinajstić information content (AvgIpc) is 3.11. The number of phosphoric acid groups is 1. The van der Waals surface area contributed by atoms with Gasteiger partial charge in [-0.2, -0.15) is 0 Å². The first-order chi connectivity index (χ1) is 13.5. The van der Waals surface area contributed by atoms with Crippen LogP contribution in [-0.2, 0) is 37.1 Å². The van der Waals surface area contributed by atoms with Gasteiger partial charge in [-0.1, -0.05) is 0 Å². The molecule has 0 aliphatic carbocycles. The number of alkyl halides is 1. The molecule has 0 amide bonds. The second-order valence-electron chi connectivity index (χ2n) is 7.63. The maximum absolute atomic E-state index is 14.5. The minimum atomic E-state index is -4.14. The number of hydrogen-bond acceptors (Lipinski definition) is 8. The van der Waals surface area contributed by atoms with Gasteiger partial charge < -0.3 is 18.9 Å². The Balaban J connectivity index is 1.99. The molecule has 0 aromatic heterocycles. The molecule has 2 saturated heterocycles. The summed E-state index contributed by atoms with van der Waals surface area (Å²) in [5, 5.41) is 0. The van der Waals surface area contributed by atoms with Gasteiger partial charge >= 0.3 is 7.82 Å². The molecule has 0 aromatic rings. The summed E-state index contributed by atoms with van der Waals surface area (Å²) in [5.74, 6) is 0. The number of rotatable bonds is 11. The minimum absolute atomic E-state index is 0.0189. The third kappa shape index (κ3) is 7.28. The van der Waals surface area contributed by atoms with Gasteiger partial charge in [-0.3, -0.25) is 13.6 Å². The zero-order valence-corrected chi connectivity index (χ0v) is 18.5. The Labute approximate surface area is 174 Å². The molecule has 3 unspecified atom stereocenters. The van der Waals surface area contributed by atoms with Gasteiger partial charge in [0.15, 0.2) is 0 Å². The molecule has 12 heteroatoms. The molecule has 164 valence electrons. The van der Waals surface area contributed by atoms with E-state index < -0.39 is 44.3 Å². The molecule has 0 aromatic carbocycles. The number of halogens is 1. The molecule has 2 heterocycles. The van der Waals surface area contributed by atoms with Crippen LogP contribution in [-0.4, -0.2) is 90.8 Å². The molecule has 0 spiro atoms. The number of hydrogen-bond donors (Lipinski definition) is 0. The van der Waals surface area contributed by atoms with Gasteiger partial charge in [-0.05, 0) is 34.1 Å². The van der Waals surface area contributed by atoms with Gasteiger partial charge in [0, 0.05) is 13.1 Å². The Kier molecular flexibility index (Phi) is 9.63. The Morgan fingerprint density at radius 1 is 1.10 bits per heavy atom. The summed E-state index contributed by atoms with van der Waals surface area (Å²) < 4.78 is 65.3. The lowest BCUT2D eigenvalue weighted by Gasteiger charge is -2.26. The normalized spacial score (nSPS) is 37.4. The highest BCUT2D eigenvalue weighted by molar-refractivity contribution is 7.48. The molecule has 8 nitrogen and oxygen atoms in total. The van der Waals surface area contributed by atoms with E-state index in [-0.39, 0.29) is 31.5 Å². The van der Waals surface area contributed by atoms with Crippen LogP contribution in [0.5, 0.6) is 0 Å². The highest BCUT2D eigenvalue weighted by Crippen LogP contribution is 2.52. The van der Waals surface area contributed by atoms with Crippen LogP contribution >= 0.6 is 7.82 Å². The third-order valence-corrected chi connectivity index (χ3v) is 5.88. The number of phosphoric ester groups is 1. The zero-order chi connectivity index (χ0) is 21.8. The van der Waals surface area contributed by atoms with Crippen molar-refractivity contribution in [1.82, 2.24) is 0 Å². The van der Waals surface area contributed by atoms with Crippen LogP contribution in [0.4, 0.5) is 4.39 Å². The first-order valence-corrected chi connectivity index (χ1v) is 11.2. The summed E-state index contributed by atoms with van der Waals surface area (Å²) in [4.78, 5) is 0. The van der Waals surface area contributed by atoms with Gasteiger partial charge in [0.05, 0.1) is 37.5 Å². The molecule has 2 fully saturated rings. The largest absolute Gasteiger partial charge is 0.475 e. The Morgan fingerprint density at radius 2 is 1.79 bits per heavy atom. The molecule has 4 radical (unpaired) electrons. The Bertz CT molecular complexity index is 558. The summed E-state index contributed by atoms with van der Waals surface area (Å²) in [7, 11) is 8.45. The quantitative estimate of drug-likeness (QED) is 0.361.